The van der Waals surface area contributed by atoms with Crippen LogP contribution in [0, 0.1) is 12.8 Å². The van der Waals surface area contributed by atoms with E-state index in [1.807, 2.05) is 11.0 Å². The fourth-order valence-corrected chi connectivity index (χ4v) is 8.97. The number of nitrogen functional groups attached to an aromatic ring is 1. The second kappa shape index (κ2) is 13.0. The topological polar surface area (TPSA) is 129 Å². The zero-order valence-corrected chi connectivity index (χ0v) is 28.2. The number of pyridine rings is 2. The van der Waals surface area contributed by atoms with Crippen molar-refractivity contribution in [3.05, 3.63) is 76.6 Å². The molecule has 2 saturated heterocycles. The second-order valence-corrected chi connectivity index (χ2v) is 14.2. The van der Waals surface area contributed by atoms with Gasteiger partial charge < -0.3 is 24.5 Å². The van der Waals surface area contributed by atoms with Crippen LogP contribution in [-0.4, -0.2) is 57.8 Å². The molecular formula is C37H40N6O4S. The van der Waals surface area contributed by atoms with Crippen LogP contribution in [0.3, 0.4) is 0 Å². The summed E-state index contributed by atoms with van der Waals surface area (Å²) in [4.78, 5) is 26.3. The molecule has 1 amide bonds. The van der Waals surface area contributed by atoms with Gasteiger partial charge in [-0.3, -0.25) is 9.78 Å². The van der Waals surface area contributed by atoms with Crippen LogP contribution >= 0.6 is 11.3 Å². The molecule has 2 atom stereocenters. The van der Waals surface area contributed by atoms with E-state index in [1.165, 1.54) is 17.5 Å². The summed E-state index contributed by atoms with van der Waals surface area (Å²) in [5.41, 5.74) is 13.2. The first kappa shape index (κ1) is 31.1. The van der Waals surface area contributed by atoms with Crippen LogP contribution in [0.4, 0.5) is 5.82 Å². The molecular weight excluding hydrogens is 625 g/mol. The van der Waals surface area contributed by atoms with Crippen molar-refractivity contribution >= 4 is 33.1 Å². The highest BCUT2D eigenvalue weighted by atomic mass is 32.1. The monoisotopic (exact) mass is 664 g/mol. The maximum absolute atomic E-state index is 13.8. The fourth-order valence-electron chi connectivity index (χ4n) is 7.85. The molecule has 48 heavy (non-hydrogen) atoms. The van der Waals surface area contributed by atoms with Gasteiger partial charge in [0.1, 0.15) is 5.82 Å². The van der Waals surface area contributed by atoms with Crippen LogP contribution in [-0.2, 0) is 22.3 Å². The number of thiophene rings is 1. The Hall–Kier alpha value is -4.19. The Bertz CT molecular complexity index is 1980. The van der Waals surface area contributed by atoms with E-state index in [0.29, 0.717) is 35.2 Å². The van der Waals surface area contributed by atoms with E-state index in [4.69, 9.17) is 24.6 Å². The van der Waals surface area contributed by atoms with E-state index in [9.17, 15) is 4.79 Å². The molecule has 2 N–H and O–H groups in total. The third kappa shape index (κ3) is 5.57. The molecule has 9 rings (SSSR count). The molecule has 10 nitrogen and oxygen atoms in total. The van der Waals surface area contributed by atoms with Gasteiger partial charge in [-0.25, -0.2) is 4.98 Å². The molecule has 1 aliphatic carbocycles. The van der Waals surface area contributed by atoms with E-state index >= 15 is 0 Å². The van der Waals surface area contributed by atoms with E-state index in [0.717, 1.165) is 102 Å². The Morgan fingerprint density at radius 3 is 2.71 bits per heavy atom. The standard InChI is InChI=1S/C27H28N6O3S.C10H12O/c1-14-31-32-26(36-14)20-17(5-4-15-7-11-35-12-8-15)30-23-18-3-2-10-33(18)27(34)22(23)21(20)19-13-16-6-9-29-25(28)24(16)37-19;1-11-10-7-6-8-4-2-3-5-9(8)10/h6,9,13,15,18H,2-5,7-8,10-12H2,1H3,(H2,28,29);2-5,10H,6-7H2,1H3. The first-order chi connectivity index (χ1) is 23.5. The number of fused-ring (bicyclic) bond motifs is 5. The molecule has 0 spiro atoms. The van der Waals surface area contributed by atoms with E-state index in [1.54, 1.807) is 31.6 Å². The van der Waals surface area contributed by atoms with Gasteiger partial charge in [0, 0.05) is 50.4 Å². The Morgan fingerprint density at radius 1 is 1.06 bits per heavy atom. The molecule has 2 fully saturated rings. The van der Waals surface area contributed by atoms with E-state index in [-0.39, 0.29) is 11.9 Å². The Morgan fingerprint density at radius 2 is 1.92 bits per heavy atom. The van der Waals surface area contributed by atoms with Gasteiger partial charge in [0.15, 0.2) is 0 Å². The maximum atomic E-state index is 13.8. The lowest BCUT2D eigenvalue weighted by Crippen LogP contribution is -2.22. The number of aryl methyl sites for hydroxylation is 3. The van der Waals surface area contributed by atoms with Crippen LogP contribution in [0.25, 0.3) is 32.0 Å². The molecule has 0 radical (unpaired) electrons. The molecule has 1 aromatic carbocycles. The molecule has 3 aliphatic heterocycles. The zero-order chi connectivity index (χ0) is 32.8. The van der Waals surface area contributed by atoms with Crippen LogP contribution < -0.4 is 5.73 Å². The van der Waals surface area contributed by atoms with Gasteiger partial charge in [-0.1, -0.05) is 24.3 Å². The fraction of sp³-hybridized carbons (Fsp3) is 0.432. The lowest BCUT2D eigenvalue weighted by atomic mass is 9.90. The summed E-state index contributed by atoms with van der Waals surface area (Å²) in [6.07, 6.45) is 10.2. The average molecular weight is 665 g/mol. The Balaban J connectivity index is 0.000000259. The smallest absolute Gasteiger partial charge is 0.257 e. The van der Waals surface area contributed by atoms with Crippen molar-refractivity contribution in [1.29, 1.82) is 0 Å². The Kier molecular flexibility index (Phi) is 8.44. The van der Waals surface area contributed by atoms with Crippen molar-refractivity contribution in [3.8, 4) is 21.9 Å². The van der Waals surface area contributed by atoms with Crippen molar-refractivity contribution in [2.24, 2.45) is 5.92 Å². The van der Waals surface area contributed by atoms with Crippen molar-refractivity contribution in [3.63, 3.8) is 0 Å². The zero-order valence-electron chi connectivity index (χ0n) is 27.4. The number of benzene rings is 1. The lowest BCUT2D eigenvalue weighted by molar-refractivity contribution is 0.0639. The number of ether oxygens (including phenoxy) is 2. The van der Waals surface area contributed by atoms with Crippen molar-refractivity contribution in [2.75, 3.05) is 32.6 Å². The number of carbonyl (C=O) groups is 1. The second-order valence-electron chi connectivity index (χ2n) is 13.1. The van der Waals surface area contributed by atoms with Gasteiger partial charge >= 0.3 is 0 Å². The third-order valence-corrected chi connectivity index (χ3v) is 11.5. The summed E-state index contributed by atoms with van der Waals surface area (Å²) in [7, 11) is 1.78. The Labute approximate surface area is 283 Å². The largest absolute Gasteiger partial charge is 0.421 e. The summed E-state index contributed by atoms with van der Waals surface area (Å²) in [5, 5.41) is 9.55. The molecule has 2 unspecified atom stereocenters. The minimum absolute atomic E-state index is 0.0302. The molecule has 5 aromatic rings. The number of rotatable bonds is 6. The molecule has 4 aromatic heterocycles. The van der Waals surface area contributed by atoms with Gasteiger partial charge in [0.25, 0.3) is 5.91 Å². The number of nitrogens with zero attached hydrogens (tertiary/aromatic N) is 5. The number of nitrogens with two attached hydrogens (primary N) is 1. The van der Waals surface area contributed by atoms with Crippen LogP contribution in [0.1, 0.15) is 89.4 Å². The summed E-state index contributed by atoms with van der Waals surface area (Å²) in [6.45, 7) is 4.17. The predicted molar refractivity (Wildman–Crippen MR) is 185 cm³/mol. The number of carbonyl (C=O) groups excluding carboxylic acids is 1. The van der Waals surface area contributed by atoms with E-state index < -0.39 is 0 Å². The van der Waals surface area contributed by atoms with Crippen molar-refractivity contribution in [1.82, 2.24) is 25.1 Å². The normalized spacial score (nSPS) is 20.1. The summed E-state index contributed by atoms with van der Waals surface area (Å²) >= 11 is 1.55. The first-order valence-electron chi connectivity index (χ1n) is 17.0. The summed E-state index contributed by atoms with van der Waals surface area (Å²) in [6, 6.07) is 12.6. The van der Waals surface area contributed by atoms with Crippen LogP contribution in [0.5, 0.6) is 0 Å². The molecule has 7 heterocycles. The molecule has 0 saturated carbocycles. The van der Waals surface area contributed by atoms with Gasteiger partial charge in [-0.05, 0) is 85.9 Å². The number of hydrogen-bond donors (Lipinski definition) is 1. The quantitative estimate of drug-likeness (QED) is 0.199. The maximum Gasteiger partial charge on any atom is 0.257 e. The molecule has 11 heteroatoms. The highest BCUT2D eigenvalue weighted by Crippen LogP contribution is 2.50. The van der Waals surface area contributed by atoms with Crippen LogP contribution in [0.15, 0.2) is 47.0 Å². The van der Waals surface area contributed by atoms with Crippen molar-refractivity contribution in [2.45, 2.75) is 70.4 Å². The summed E-state index contributed by atoms with van der Waals surface area (Å²) in [5.74, 6) is 2.00. The van der Waals surface area contributed by atoms with E-state index in [2.05, 4.69) is 45.5 Å². The number of anilines is 1. The molecule has 4 aliphatic rings. The minimum Gasteiger partial charge on any atom is -0.421 e. The van der Waals surface area contributed by atoms with Gasteiger partial charge in [-0.2, -0.15) is 0 Å². The predicted octanol–water partition coefficient (Wildman–Crippen LogP) is 7.27. The van der Waals surface area contributed by atoms with Gasteiger partial charge in [0.05, 0.1) is 39.4 Å². The number of aromatic nitrogens is 4. The number of methoxy groups -OCH3 is 1. The van der Waals surface area contributed by atoms with Crippen LogP contribution in [0.2, 0.25) is 0 Å². The molecule has 0 bridgehead atoms. The number of hydrogen-bond acceptors (Lipinski definition) is 10. The van der Waals surface area contributed by atoms with Gasteiger partial charge in [0.2, 0.25) is 11.8 Å². The third-order valence-electron chi connectivity index (χ3n) is 10.3. The van der Waals surface area contributed by atoms with Gasteiger partial charge in [-0.15, -0.1) is 21.5 Å². The minimum atomic E-state index is 0.0302. The first-order valence-corrected chi connectivity index (χ1v) is 17.8. The molecule has 248 valence electrons. The highest BCUT2D eigenvalue weighted by Gasteiger charge is 2.45. The lowest BCUT2D eigenvalue weighted by Gasteiger charge is -2.22. The SMILES string of the molecule is COC1CCc2ccccc21.Cc1nnc(-c2c(CCC3CCOCC3)nc3c(c2-c2cc4ccnc(N)c4s2)C(=O)N2CCCC32)o1. The average Bonchev–Trinajstić information content (AvgIpc) is 3.95. The van der Waals surface area contributed by atoms with Crippen molar-refractivity contribution < 1.29 is 18.7 Å². The highest BCUT2D eigenvalue weighted by molar-refractivity contribution is 7.22. The summed E-state index contributed by atoms with van der Waals surface area (Å²) < 4.78 is 17.8. The number of amides is 1.